The van der Waals surface area contributed by atoms with Crippen molar-refractivity contribution in [2.24, 2.45) is 5.73 Å². The summed E-state index contributed by atoms with van der Waals surface area (Å²) < 4.78 is 0. The summed E-state index contributed by atoms with van der Waals surface area (Å²) in [6.45, 7) is 0.944. The minimum Gasteiger partial charge on any atom is -0.382 e. The van der Waals surface area contributed by atoms with Crippen LogP contribution >= 0.6 is 11.8 Å². The number of primary amides is 1. The van der Waals surface area contributed by atoms with Crippen LogP contribution in [0.5, 0.6) is 0 Å². The molecule has 1 aromatic rings. The predicted octanol–water partition coefficient (Wildman–Crippen LogP) is 1.36. The zero-order chi connectivity index (χ0) is 12.7. The number of amides is 2. The van der Waals surface area contributed by atoms with Crippen molar-refractivity contribution in [2.75, 3.05) is 24.7 Å². The lowest BCUT2D eigenvalue weighted by Gasteiger charge is -2.10. The molecule has 5 nitrogen and oxygen atoms in total. The summed E-state index contributed by atoms with van der Waals surface area (Å²) in [5.41, 5.74) is 6.33. The second-order valence-corrected chi connectivity index (χ2v) is 4.06. The van der Waals surface area contributed by atoms with Crippen LogP contribution in [0.1, 0.15) is 5.56 Å². The molecule has 0 aliphatic rings. The number of nitriles is 1. The fourth-order valence-corrected chi connectivity index (χ4v) is 1.92. The van der Waals surface area contributed by atoms with E-state index in [0.717, 1.165) is 10.6 Å². The lowest BCUT2D eigenvalue weighted by atomic mass is 10.2. The van der Waals surface area contributed by atoms with Gasteiger partial charge in [-0.15, -0.1) is 11.8 Å². The molecule has 0 unspecified atom stereocenters. The van der Waals surface area contributed by atoms with Crippen molar-refractivity contribution in [2.45, 2.75) is 4.90 Å². The summed E-state index contributed by atoms with van der Waals surface area (Å²) >= 11 is 1.53. The number of carbonyl (C=O) groups excluding carboxylic acids is 1. The summed E-state index contributed by atoms with van der Waals surface area (Å²) in [4.78, 5) is 11.4. The van der Waals surface area contributed by atoms with E-state index in [2.05, 4.69) is 16.7 Å². The summed E-state index contributed by atoms with van der Waals surface area (Å²) in [6, 6.07) is 7.24. The zero-order valence-electron chi connectivity index (χ0n) is 9.49. The highest BCUT2D eigenvalue weighted by Crippen LogP contribution is 2.25. The Labute approximate surface area is 104 Å². The SMILES string of the molecule is CSc1cccc(NCCNC(N)=O)c1C#N. The van der Waals surface area contributed by atoms with E-state index in [4.69, 9.17) is 11.0 Å². The highest BCUT2D eigenvalue weighted by molar-refractivity contribution is 7.98. The third-order valence-electron chi connectivity index (χ3n) is 2.10. The molecule has 0 heterocycles. The number of anilines is 1. The van der Waals surface area contributed by atoms with Gasteiger partial charge in [0.1, 0.15) is 6.07 Å². The van der Waals surface area contributed by atoms with E-state index in [1.54, 1.807) is 0 Å². The first-order chi connectivity index (χ1) is 8.19. The fourth-order valence-electron chi connectivity index (χ4n) is 1.35. The first kappa shape index (κ1) is 13.2. The maximum Gasteiger partial charge on any atom is 0.312 e. The molecule has 1 aromatic carbocycles. The van der Waals surface area contributed by atoms with Crippen molar-refractivity contribution in [1.82, 2.24) is 5.32 Å². The number of rotatable bonds is 5. The van der Waals surface area contributed by atoms with Gasteiger partial charge in [-0.25, -0.2) is 4.79 Å². The molecule has 0 aliphatic carbocycles. The molecule has 0 fully saturated rings. The quantitative estimate of drug-likeness (QED) is 0.543. The summed E-state index contributed by atoms with van der Waals surface area (Å²) in [7, 11) is 0. The topological polar surface area (TPSA) is 90.9 Å². The number of thioether (sulfide) groups is 1. The number of carbonyl (C=O) groups is 1. The van der Waals surface area contributed by atoms with Gasteiger partial charge in [-0.2, -0.15) is 5.26 Å². The van der Waals surface area contributed by atoms with Crippen LogP contribution in [0.2, 0.25) is 0 Å². The van der Waals surface area contributed by atoms with Crippen molar-refractivity contribution in [3.05, 3.63) is 23.8 Å². The molecule has 17 heavy (non-hydrogen) atoms. The van der Waals surface area contributed by atoms with Crippen LogP contribution in [0.15, 0.2) is 23.1 Å². The van der Waals surface area contributed by atoms with Gasteiger partial charge >= 0.3 is 6.03 Å². The Morgan fingerprint density at radius 3 is 2.88 bits per heavy atom. The van der Waals surface area contributed by atoms with Crippen LogP contribution in [0.3, 0.4) is 0 Å². The molecule has 0 bridgehead atoms. The van der Waals surface area contributed by atoms with Crippen LogP contribution in [0.4, 0.5) is 10.5 Å². The second kappa shape index (κ2) is 6.66. The summed E-state index contributed by atoms with van der Waals surface area (Å²) in [5, 5.41) is 14.6. The van der Waals surface area contributed by atoms with E-state index in [9.17, 15) is 4.79 Å². The number of nitrogens with two attached hydrogens (primary N) is 1. The van der Waals surface area contributed by atoms with E-state index < -0.39 is 6.03 Å². The van der Waals surface area contributed by atoms with Crippen LogP contribution in [0.25, 0.3) is 0 Å². The molecule has 1 rings (SSSR count). The molecule has 6 heteroatoms. The largest absolute Gasteiger partial charge is 0.382 e. The Kier molecular flexibility index (Phi) is 5.17. The fraction of sp³-hybridized carbons (Fsp3) is 0.273. The third-order valence-corrected chi connectivity index (χ3v) is 2.88. The molecule has 0 atom stereocenters. The van der Waals surface area contributed by atoms with Gasteiger partial charge in [-0.05, 0) is 18.4 Å². The molecule has 0 saturated carbocycles. The smallest absolute Gasteiger partial charge is 0.312 e. The van der Waals surface area contributed by atoms with Gasteiger partial charge in [0.25, 0.3) is 0 Å². The molecule has 0 saturated heterocycles. The van der Waals surface area contributed by atoms with Crippen molar-refractivity contribution in [3.63, 3.8) is 0 Å². The Bertz CT molecular complexity index is 442. The van der Waals surface area contributed by atoms with Crippen LogP contribution in [-0.4, -0.2) is 25.4 Å². The van der Waals surface area contributed by atoms with Gasteiger partial charge in [0.05, 0.1) is 11.3 Å². The number of nitrogens with one attached hydrogen (secondary N) is 2. The zero-order valence-corrected chi connectivity index (χ0v) is 10.3. The minimum absolute atomic E-state index is 0.420. The molecular formula is C11H14N4OS. The van der Waals surface area contributed by atoms with Crippen molar-refractivity contribution >= 4 is 23.5 Å². The van der Waals surface area contributed by atoms with E-state index in [0.29, 0.717) is 18.7 Å². The average molecular weight is 250 g/mol. The van der Waals surface area contributed by atoms with Crippen LogP contribution in [-0.2, 0) is 0 Å². The Balaban J connectivity index is 2.65. The Hall–Kier alpha value is -1.87. The van der Waals surface area contributed by atoms with E-state index in [1.165, 1.54) is 11.8 Å². The standard InChI is InChI=1S/C11H14N4OS/c1-17-10-4-2-3-9(8(10)7-12)14-5-6-15-11(13)16/h2-4,14H,5-6H2,1H3,(H3,13,15,16). The molecular weight excluding hydrogens is 236 g/mol. The maximum absolute atomic E-state index is 10.5. The summed E-state index contributed by atoms with van der Waals surface area (Å²) in [6.07, 6.45) is 1.93. The van der Waals surface area contributed by atoms with Gasteiger partial charge in [0.15, 0.2) is 0 Å². The molecule has 0 spiro atoms. The van der Waals surface area contributed by atoms with Crippen LogP contribution < -0.4 is 16.4 Å². The second-order valence-electron chi connectivity index (χ2n) is 3.21. The molecule has 90 valence electrons. The Morgan fingerprint density at radius 2 is 2.29 bits per heavy atom. The highest BCUT2D eigenvalue weighted by Gasteiger charge is 2.06. The molecule has 0 aliphatic heterocycles. The minimum atomic E-state index is -0.551. The first-order valence-corrected chi connectivity index (χ1v) is 6.25. The van der Waals surface area contributed by atoms with E-state index in [1.807, 2.05) is 24.5 Å². The van der Waals surface area contributed by atoms with Crippen molar-refractivity contribution in [3.8, 4) is 6.07 Å². The Morgan fingerprint density at radius 1 is 1.53 bits per heavy atom. The number of hydrogen-bond donors (Lipinski definition) is 3. The molecule has 2 amide bonds. The number of urea groups is 1. The van der Waals surface area contributed by atoms with Gasteiger partial charge in [-0.1, -0.05) is 6.07 Å². The van der Waals surface area contributed by atoms with Crippen molar-refractivity contribution < 1.29 is 4.79 Å². The molecule has 4 N–H and O–H groups in total. The van der Waals surface area contributed by atoms with E-state index >= 15 is 0 Å². The monoisotopic (exact) mass is 250 g/mol. The number of nitrogens with zero attached hydrogens (tertiary/aromatic N) is 1. The predicted molar refractivity (Wildman–Crippen MR) is 69.0 cm³/mol. The van der Waals surface area contributed by atoms with Crippen molar-refractivity contribution in [1.29, 1.82) is 5.26 Å². The van der Waals surface area contributed by atoms with Gasteiger partial charge in [0.2, 0.25) is 0 Å². The molecule has 0 radical (unpaired) electrons. The average Bonchev–Trinajstić information content (AvgIpc) is 2.33. The first-order valence-electron chi connectivity index (χ1n) is 5.03. The lowest BCUT2D eigenvalue weighted by Crippen LogP contribution is -2.33. The van der Waals surface area contributed by atoms with Gasteiger partial charge < -0.3 is 16.4 Å². The van der Waals surface area contributed by atoms with Gasteiger partial charge in [-0.3, -0.25) is 0 Å². The van der Waals surface area contributed by atoms with Gasteiger partial charge in [0, 0.05) is 18.0 Å². The molecule has 0 aromatic heterocycles. The summed E-state index contributed by atoms with van der Waals surface area (Å²) in [5.74, 6) is 0. The maximum atomic E-state index is 10.5. The number of hydrogen-bond acceptors (Lipinski definition) is 4. The van der Waals surface area contributed by atoms with Crippen LogP contribution in [0, 0.1) is 11.3 Å². The lowest BCUT2D eigenvalue weighted by molar-refractivity contribution is 0.249. The third kappa shape index (κ3) is 3.89. The highest BCUT2D eigenvalue weighted by atomic mass is 32.2. The number of benzene rings is 1. The normalized spacial score (nSPS) is 9.41. The van der Waals surface area contributed by atoms with E-state index in [-0.39, 0.29) is 0 Å².